The molecule has 0 atom stereocenters. The predicted octanol–water partition coefficient (Wildman–Crippen LogP) is 5.43. The van der Waals surface area contributed by atoms with E-state index in [2.05, 4.69) is 47.8 Å². The first-order valence-corrected chi connectivity index (χ1v) is 8.89. The highest BCUT2D eigenvalue weighted by atomic mass is 15.0. The molecule has 1 aliphatic rings. The Morgan fingerprint density at radius 3 is 1.93 bits per heavy atom. The van der Waals surface area contributed by atoms with Crippen molar-refractivity contribution in [2.75, 3.05) is 0 Å². The van der Waals surface area contributed by atoms with E-state index in [-0.39, 0.29) is 0 Å². The van der Waals surface area contributed by atoms with Crippen molar-refractivity contribution in [2.24, 2.45) is 0 Å². The number of nitrogens with one attached hydrogen (secondary N) is 3. The number of rotatable bonds is 2. The fourth-order valence-electron chi connectivity index (χ4n) is 3.83. The van der Waals surface area contributed by atoms with Gasteiger partial charge in [-0.05, 0) is 39.6 Å². The number of amidine groups is 2. The van der Waals surface area contributed by atoms with E-state index in [1.807, 2.05) is 42.5 Å². The smallest absolute Gasteiger partial charge is 0.132 e. The molecule has 4 aromatic rings. The second-order valence-corrected chi connectivity index (χ2v) is 6.72. The van der Waals surface area contributed by atoms with Gasteiger partial charge in [-0.3, -0.25) is 10.8 Å². The molecular formula is C24H17N3. The number of benzene rings is 4. The van der Waals surface area contributed by atoms with Crippen molar-refractivity contribution in [1.82, 2.24) is 5.32 Å². The molecule has 128 valence electrons. The summed E-state index contributed by atoms with van der Waals surface area (Å²) in [6.07, 6.45) is 0. The zero-order valence-corrected chi connectivity index (χ0v) is 14.6. The first-order chi connectivity index (χ1) is 13.2. The van der Waals surface area contributed by atoms with Crippen LogP contribution in [0.25, 0.3) is 33.0 Å². The minimum Gasteiger partial charge on any atom is -0.325 e. The molecule has 0 saturated heterocycles. The van der Waals surface area contributed by atoms with Gasteiger partial charge in [-0.2, -0.15) is 0 Å². The molecule has 0 saturated carbocycles. The van der Waals surface area contributed by atoms with E-state index in [1.165, 1.54) is 5.56 Å². The molecule has 0 amide bonds. The van der Waals surface area contributed by atoms with Crippen molar-refractivity contribution >= 4 is 22.4 Å². The summed E-state index contributed by atoms with van der Waals surface area (Å²) < 4.78 is 0. The average molecular weight is 347 g/mol. The maximum absolute atomic E-state index is 8.35. The minimum atomic E-state index is 0.291. The van der Waals surface area contributed by atoms with Crippen LogP contribution >= 0.6 is 0 Å². The Balaban J connectivity index is 1.85. The molecule has 0 unspecified atom stereocenters. The molecule has 1 heterocycles. The number of hydrogen-bond acceptors (Lipinski definition) is 2. The lowest BCUT2D eigenvalue weighted by Gasteiger charge is -2.14. The summed E-state index contributed by atoms with van der Waals surface area (Å²) in [4.78, 5) is 0. The van der Waals surface area contributed by atoms with Crippen LogP contribution in [0.15, 0.2) is 84.9 Å². The van der Waals surface area contributed by atoms with Gasteiger partial charge in [0, 0.05) is 16.7 Å². The molecule has 3 N–H and O–H groups in total. The topological polar surface area (TPSA) is 59.7 Å². The summed E-state index contributed by atoms with van der Waals surface area (Å²) in [6.45, 7) is 0. The van der Waals surface area contributed by atoms with Gasteiger partial charge in [-0.25, -0.2) is 0 Å². The van der Waals surface area contributed by atoms with Gasteiger partial charge >= 0.3 is 0 Å². The van der Waals surface area contributed by atoms with Crippen molar-refractivity contribution in [3.8, 4) is 22.3 Å². The largest absolute Gasteiger partial charge is 0.325 e. The van der Waals surface area contributed by atoms with Gasteiger partial charge in [0.15, 0.2) is 0 Å². The summed E-state index contributed by atoms with van der Waals surface area (Å²) in [5.41, 5.74) is 6.00. The lowest BCUT2D eigenvalue weighted by Crippen LogP contribution is -2.20. The molecule has 27 heavy (non-hydrogen) atoms. The normalized spacial score (nSPS) is 12.9. The lowest BCUT2D eigenvalue weighted by molar-refractivity contribution is 1.29. The van der Waals surface area contributed by atoms with Crippen molar-refractivity contribution in [1.29, 1.82) is 10.8 Å². The van der Waals surface area contributed by atoms with Crippen LogP contribution in [0, 0.1) is 10.8 Å². The quantitative estimate of drug-likeness (QED) is 0.445. The van der Waals surface area contributed by atoms with Crippen LogP contribution in [0.3, 0.4) is 0 Å². The molecular weight excluding hydrogens is 330 g/mol. The third-order valence-electron chi connectivity index (χ3n) is 5.08. The second kappa shape index (κ2) is 5.92. The fraction of sp³-hybridized carbons (Fsp3) is 0. The van der Waals surface area contributed by atoms with Crippen LogP contribution < -0.4 is 5.32 Å². The zero-order valence-electron chi connectivity index (χ0n) is 14.6. The summed E-state index contributed by atoms with van der Waals surface area (Å²) >= 11 is 0. The van der Waals surface area contributed by atoms with Crippen molar-refractivity contribution < 1.29 is 0 Å². The fourth-order valence-corrected chi connectivity index (χ4v) is 3.83. The molecule has 3 heteroatoms. The highest BCUT2D eigenvalue weighted by molar-refractivity contribution is 6.29. The van der Waals surface area contributed by atoms with Gasteiger partial charge in [0.2, 0.25) is 0 Å². The molecule has 0 radical (unpaired) electrons. The van der Waals surface area contributed by atoms with Crippen LogP contribution in [0.1, 0.15) is 11.1 Å². The van der Waals surface area contributed by atoms with E-state index in [4.69, 9.17) is 10.8 Å². The van der Waals surface area contributed by atoms with Crippen molar-refractivity contribution in [2.45, 2.75) is 0 Å². The van der Waals surface area contributed by atoms with Gasteiger partial charge in [0.25, 0.3) is 0 Å². The Morgan fingerprint density at radius 2 is 1.22 bits per heavy atom. The second-order valence-electron chi connectivity index (χ2n) is 6.72. The molecule has 0 aromatic heterocycles. The zero-order chi connectivity index (χ0) is 18.4. The first kappa shape index (κ1) is 15.5. The molecule has 0 aliphatic carbocycles. The van der Waals surface area contributed by atoms with Crippen LogP contribution in [-0.4, -0.2) is 11.7 Å². The summed E-state index contributed by atoms with van der Waals surface area (Å²) in [7, 11) is 0. The van der Waals surface area contributed by atoms with Crippen molar-refractivity contribution in [3.05, 3.63) is 96.1 Å². The molecule has 0 bridgehead atoms. The Hall–Kier alpha value is -3.72. The standard InChI is InChI=1S/C24H17N3/c25-23-20-14-18-13-17(15-7-3-1-4-8-15)11-12-19(18)21(22(20)24(26)27-23)16-9-5-2-6-10-16/h1-14H,(H3,25,26,27). The Morgan fingerprint density at radius 1 is 0.556 bits per heavy atom. The van der Waals surface area contributed by atoms with Crippen LogP contribution in [0.2, 0.25) is 0 Å². The number of hydrogen-bond donors (Lipinski definition) is 3. The average Bonchev–Trinajstić information content (AvgIpc) is 3.00. The first-order valence-electron chi connectivity index (χ1n) is 8.89. The highest BCUT2D eigenvalue weighted by Crippen LogP contribution is 2.38. The Bertz CT molecular complexity index is 1210. The van der Waals surface area contributed by atoms with E-state index in [0.717, 1.165) is 38.6 Å². The van der Waals surface area contributed by atoms with Gasteiger partial charge in [-0.1, -0.05) is 72.8 Å². The molecule has 0 fully saturated rings. The summed E-state index contributed by atoms with van der Waals surface area (Å²) in [5, 5.41) is 21.7. The third-order valence-corrected chi connectivity index (χ3v) is 5.08. The minimum absolute atomic E-state index is 0.291. The monoisotopic (exact) mass is 347 g/mol. The van der Waals surface area contributed by atoms with Gasteiger partial charge in [0.05, 0.1) is 0 Å². The molecule has 3 nitrogen and oxygen atoms in total. The van der Waals surface area contributed by atoms with E-state index in [9.17, 15) is 0 Å². The van der Waals surface area contributed by atoms with Crippen molar-refractivity contribution in [3.63, 3.8) is 0 Å². The maximum Gasteiger partial charge on any atom is 0.132 e. The van der Waals surface area contributed by atoms with Gasteiger partial charge < -0.3 is 5.32 Å². The SMILES string of the molecule is N=C1NC(=N)c2c1cc1cc(-c3ccccc3)ccc1c2-c1ccccc1. The third kappa shape index (κ3) is 2.44. The van der Waals surface area contributed by atoms with E-state index in [1.54, 1.807) is 0 Å². The van der Waals surface area contributed by atoms with E-state index < -0.39 is 0 Å². The summed E-state index contributed by atoms with van der Waals surface area (Å²) in [6, 6.07) is 28.9. The van der Waals surface area contributed by atoms with Crippen LogP contribution in [0.4, 0.5) is 0 Å². The van der Waals surface area contributed by atoms with Crippen LogP contribution in [0.5, 0.6) is 0 Å². The molecule has 1 aliphatic heterocycles. The molecule has 0 spiro atoms. The highest BCUT2D eigenvalue weighted by Gasteiger charge is 2.27. The summed E-state index contributed by atoms with van der Waals surface area (Å²) in [5.74, 6) is 0.585. The van der Waals surface area contributed by atoms with Crippen LogP contribution in [-0.2, 0) is 0 Å². The Kier molecular flexibility index (Phi) is 3.41. The maximum atomic E-state index is 8.35. The Labute approximate surface area is 157 Å². The molecule has 5 rings (SSSR count). The molecule has 4 aromatic carbocycles. The van der Waals surface area contributed by atoms with Gasteiger partial charge in [0.1, 0.15) is 11.7 Å². The lowest BCUT2D eigenvalue weighted by atomic mass is 9.89. The van der Waals surface area contributed by atoms with Gasteiger partial charge in [-0.15, -0.1) is 0 Å². The number of fused-ring (bicyclic) bond motifs is 2. The van der Waals surface area contributed by atoms with E-state index >= 15 is 0 Å². The van der Waals surface area contributed by atoms with E-state index in [0.29, 0.717) is 11.7 Å². The predicted molar refractivity (Wildman–Crippen MR) is 112 cm³/mol.